The zero-order valence-corrected chi connectivity index (χ0v) is 21.4. The van der Waals surface area contributed by atoms with Crippen LogP contribution in [0.1, 0.15) is 91.4 Å². The van der Waals surface area contributed by atoms with E-state index < -0.39 is 0 Å². The predicted molar refractivity (Wildman–Crippen MR) is 136 cm³/mol. The van der Waals surface area contributed by atoms with Crippen molar-refractivity contribution < 1.29 is 0 Å². The number of hydrogen-bond acceptors (Lipinski definition) is 7. The monoisotopic (exact) mass is 453 g/mol. The largest absolute Gasteiger partial charge is 0.383 e. The Morgan fingerprint density at radius 2 is 1.39 bits per heavy atom. The van der Waals surface area contributed by atoms with Gasteiger partial charge in [-0.15, -0.1) is 0 Å². The first-order chi connectivity index (χ1) is 15.5. The lowest BCUT2D eigenvalue weighted by atomic mass is 10.1. The van der Waals surface area contributed by atoms with Gasteiger partial charge >= 0.3 is 0 Å². The summed E-state index contributed by atoms with van der Waals surface area (Å²) in [7, 11) is 0. The third-order valence-electron chi connectivity index (χ3n) is 4.72. The lowest BCUT2D eigenvalue weighted by molar-refractivity contribution is 0.535. The molecule has 4 rings (SSSR count). The molecule has 0 spiro atoms. The molecule has 0 unspecified atom stereocenters. The van der Waals surface area contributed by atoms with Crippen molar-refractivity contribution in [3.8, 4) is 0 Å². The molecular formula is C24H39N9. The lowest BCUT2D eigenvalue weighted by Gasteiger charge is -2.05. The number of rotatable bonds is 3. The molecule has 0 saturated heterocycles. The van der Waals surface area contributed by atoms with Crippen molar-refractivity contribution in [2.75, 3.05) is 11.5 Å². The Balaban J connectivity index is 0.000000204. The van der Waals surface area contributed by atoms with Crippen molar-refractivity contribution in [2.24, 2.45) is 5.92 Å². The number of anilines is 2. The molecule has 4 aromatic rings. The molecule has 0 saturated carbocycles. The van der Waals surface area contributed by atoms with E-state index in [1.807, 2.05) is 16.9 Å². The van der Waals surface area contributed by atoms with Gasteiger partial charge in [0.25, 0.3) is 0 Å². The molecule has 4 heterocycles. The molecule has 0 aliphatic carbocycles. The standard InChI is InChI=1S/C11H17N5.C9H12N4.C4H10/c1-6(2)9-8-10(12)13-5-14-11(8)16(15-9)7(3)4;1-6(2)7-3-4-13-8(7)9(10)11-5-12-13;1-4(2)3/h5-7H,1-4H3,(H2,12,13,14);3-6H,1-2H3,(H2,10,11,12);4H,1-3H3. The first kappa shape index (κ1) is 26.0. The van der Waals surface area contributed by atoms with E-state index in [-0.39, 0.29) is 6.04 Å². The summed E-state index contributed by atoms with van der Waals surface area (Å²) >= 11 is 0. The van der Waals surface area contributed by atoms with E-state index in [0.717, 1.165) is 28.2 Å². The summed E-state index contributed by atoms with van der Waals surface area (Å²) < 4.78 is 3.67. The van der Waals surface area contributed by atoms with Crippen molar-refractivity contribution in [3.05, 3.63) is 36.2 Å². The van der Waals surface area contributed by atoms with Crippen LogP contribution in [0.2, 0.25) is 0 Å². The van der Waals surface area contributed by atoms with Crippen molar-refractivity contribution in [3.63, 3.8) is 0 Å². The van der Waals surface area contributed by atoms with Crippen molar-refractivity contribution >= 4 is 28.2 Å². The molecule has 0 radical (unpaired) electrons. The Bertz CT molecular complexity index is 1170. The predicted octanol–water partition coefficient (Wildman–Crippen LogP) is 5.21. The van der Waals surface area contributed by atoms with Gasteiger partial charge in [0.1, 0.15) is 24.0 Å². The van der Waals surface area contributed by atoms with Crippen LogP contribution < -0.4 is 11.5 Å². The highest BCUT2D eigenvalue weighted by Gasteiger charge is 2.18. The Kier molecular flexibility index (Phi) is 8.73. The fourth-order valence-corrected chi connectivity index (χ4v) is 3.26. The molecule has 0 atom stereocenters. The van der Waals surface area contributed by atoms with Crippen LogP contribution >= 0.6 is 0 Å². The number of fused-ring (bicyclic) bond motifs is 2. The molecule has 0 amide bonds. The molecule has 0 aromatic carbocycles. The van der Waals surface area contributed by atoms with Crippen LogP contribution in [0.4, 0.5) is 11.6 Å². The third kappa shape index (κ3) is 6.18. The summed E-state index contributed by atoms with van der Waals surface area (Å²) in [6.45, 7) is 19.1. The Labute approximate surface area is 196 Å². The van der Waals surface area contributed by atoms with Crippen LogP contribution in [-0.4, -0.2) is 34.3 Å². The zero-order chi connectivity index (χ0) is 24.9. The van der Waals surface area contributed by atoms with Gasteiger partial charge in [-0.25, -0.2) is 24.1 Å². The van der Waals surface area contributed by atoms with Crippen molar-refractivity contribution in [1.29, 1.82) is 0 Å². The van der Waals surface area contributed by atoms with E-state index in [0.29, 0.717) is 23.5 Å². The molecule has 0 aliphatic rings. The average Bonchev–Trinajstić information content (AvgIpc) is 3.31. The number of nitrogens with two attached hydrogens (primary N) is 2. The molecule has 4 N–H and O–H groups in total. The molecule has 180 valence electrons. The van der Waals surface area contributed by atoms with Crippen LogP contribution in [0, 0.1) is 5.92 Å². The van der Waals surface area contributed by atoms with E-state index in [9.17, 15) is 0 Å². The molecule has 0 bridgehead atoms. The van der Waals surface area contributed by atoms with Gasteiger partial charge in [0.05, 0.1) is 11.1 Å². The molecule has 9 nitrogen and oxygen atoms in total. The number of nitrogen functional groups attached to an aromatic ring is 2. The van der Waals surface area contributed by atoms with Gasteiger partial charge in [0.2, 0.25) is 0 Å². The molecule has 0 aliphatic heterocycles. The highest BCUT2D eigenvalue weighted by molar-refractivity contribution is 5.88. The first-order valence-electron chi connectivity index (χ1n) is 11.5. The quantitative estimate of drug-likeness (QED) is 0.436. The second kappa shape index (κ2) is 11.1. The summed E-state index contributed by atoms with van der Waals surface area (Å²) in [6, 6.07) is 2.30. The average molecular weight is 454 g/mol. The second-order valence-corrected chi connectivity index (χ2v) is 9.63. The van der Waals surface area contributed by atoms with E-state index >= 15 is 0 Å². The minimum Gasteiger partial charge on any atom is -0.383 e. The maximum atomic E-state index is 5.90. The van der Waals surface area contributed by atoms with E-state index in [1.54, 1.807) is 4.52 Å². The van der Waals surface area contributed by atoms with Gasteiger partial charge < -0.3 is 11.5 Å². The molecule has 9 heteroatoms. The maximum absolute atomic E-state index is 5.90. The van der Waals surface area contributed by atoms with Gasteiger partial charge in [-0.3, -0.25) is 0 Å². The fourth-order valence-electron chi connectivity index (χ4n) is 3.26. The normalized spacial score (nSPS) is 11.3. The molecular weight excluding hydrogens is 414 g/mol. The van der Waals surface area contributed by atoms with Gasteiger partial charge in [0, 0.05) is 12.2 Å². The van der Waals surface area contributed by atoms with Crippen LogP contribution in [0.3, 0.4) is 0 Å². The van der Waals surface area contributed by atoms with Crippen molar-refractivity contribution in [2.45, 2.75) is 80.2 Å². The summed E-state index contributed by atoms with van der Waals surface area (Å²) in [5.41, 5.74) is 15.6. The van der Waals surface area contributed by atoms with Crippen LogP contribution in [0.15, 0.2) is 24.9 Å². The second-order valence-electron chi connectivity index (χ2n) is 9.63. The highest BCUT2D eigenvalue weighted by atomic mass is 15.3. The SMILES string of the molecule is CC(C)C.CC(C)c1ccn2ncnc(N)c12.CC(C)c1nn(C(C)C)c2ncnc(N)c12. The fraction of sp³-hybridized carbons (Fsp3) is 0.542. The maximum Gasteiger partial charge on any atom is 0.163 e. The summed E-state index contributed by atoms with van der Waals surface area (Å²) in [5.74, 6) is 2.65. The van der Waals surface area contributed by atoms with Gasteiger partial charge in [-0.1, -0.05) is 48.5 Å². The van der Waals surface area contributed by atoms with Gasteiger partial charge in [-0.2, -0.15) is 10.2 Å². The van der Waals surface area contributed by atoms with E-state index in [1.165, 1.54) is 18.2 Å². The third-order valence-corrected chi connectivity index (χ3v) is 4.72. The first-order valence-corrected chi connectivity index (χ1v) is 11.5. The minimum atomic E-state index is 0.268. The van der Waals surface area contributed by atoms with Gasteiger partial charge in [-0.05, 0) is 43.2 Å². The topological polar surface area (TPSA) is 126 Å². The van der Waals surface area contributed by atoms with E-state index in [2.05, 4.69) is 87.5 Å². The number of aromatic nitrogens is 7. The zero-order valence-electron chi connectivity index (χ0n) is 21.4. The van der Waals surface area contributed by atoms with Crippen LogP contribution in [0.25, 0.3) is 16.6 Å². The number of hydrogen-bond donors (Lipinski definition) is 2. The Morgan fingerprint density at radius 1 is 0.788 bits per heavy atom. The Hall–Kier alpha value is -3.23. The lowest BCUT2D eigenvalue weighted by Crippen LogP contribution is -2.04. The summed E-state index contributed by atoms with van der Waals surface area (Å²) in [4.78, 5) is 12.3. The Morgan fingerprint density at radius 3 is 1.94 bits per heavy atom. The smallest absolute Gasteiger partial charge is 0.163 e. The van der Waals surface area contributed by atoms with Crippen molar-refractivity contribution in [1.82, 2.24) is 34.3 Å². The summed E-state index contributed by atoms with van der Waals surface area (Å²) in [5, 5.41) is 9.55. The molecule has 4 aromatic heterocycles. The minimum absolute atomic E-state index is 0.268. The summed E-state index contributed by atoms with van der Waals surface area (Å²) in [6.07, 6.45) is 4.86. The molecule has 0 fully saturated rings. The van der Waals surface area contributed by atoms with Gasteiger partial charge in [0.15, 0.2) is 11.5 Å². The van der Waals surface area contributed by atoms with E-state index in [4.69, 9.17) is 11.5 Å². The molecule has 33 heavy (non-hydrogen) atoms. The van der Waals surface area contributed by atoms with Crippen LogP contribution in [-0.2, 0) is 0 Å². The highest BCUT2D eigenvalue weighted by Crippen LogP contribution is 2.28. The van der Waals surface area contributed by atoms with Crippen LogP contribution in [0.5, 0.6) is 0 Å². The number of nitrogens with zero attached hydrogens (tertiary/aromatic N) is 7.